The van der Waals surface area contributed by atoms with E-state index in [1.807, 2.05) is 12.3 Å². The molecule has 0 saturated carbocycles. The molecule has 0 fully saturated rings. The van der Waals surface area contributed by atoms with Gasteiger partial charge in [0.2, 0.25) is 0 Å². The molecule has 1 N–H and O–H groups in total. The van der Waals surface area contributed by atoms with E-state index in [1.54, 1.807) is 0 Å². The van der Waals surface area contributed by atoms with Crippen molar-refractivity contribution < 1.29 is 0 Å². The summed E-state index contributed by atoms with van der Waals surface area (Å²) in [5, 5.41) is 8.86. The zero-order valence-electron chi connectivity index (χ0n) is 6.24. The molecule has 0 spiro atoms. The first-order valence-electron chi connectivity index (χ1n) is 3.28. The maximum atomic E-state index is 5.17. The number of nitrogens with zero attached hydrogens (tertiary/aromatic N) is 2. The van der Waals surface area contributed by atoms with Crippen LogP contribution in [0.3, 0.4) is 0 Å². The van der Waals surface area contributed by atoms with Gasteiger partial charge in [-0.15, -0.1) is 11.5 Å². The fourth-order valence-electron chi connectivity index (χ4n) is 0.578. The van der Waals surface area contributed by atoms with Gasteiger partial charge >= 0.3 is 0 Å². The van der Waals surface area contributed by atoms with Crippen LogP contribution in [0.5, 0.6) is 0 Å². The highest BCUT2D eigenvalue weighted by Gasteiger charge is 1.97. The summed E-state index contributed by atoms with van der Waals surface area (Å²) in [6, 6.07) is 0.0942. The Morgan fingerprint density at radius 2 is 2.73 bits per heavy atom. The molecule has 0 amide bonds. The van der Waals surface area contributed by atoms with Crippen LogP contribution < -0.4 is 5.32 Å². The molecule has 1 heterocycles. The molecule has 0 aliphatic heterocycles. The minimum atomic E-state index is 0.0942. The Morgan fingerprint density at radius 1 is 1.91 bits per heavy atom. The third-order valence-corrected chi connectivity index (χ3v) is 1.80. The van der Waals surface area contributed by atoms with Gasteiger partial charge in [-0.3, -0.25) is 5.32 Å². The Morgan fingerprint density at radius 3 is 3.27 bits per heavy atom. The largest absolute Gasteiger partial charge is 0.298 e. The molecule has 1 unspecified atom stereocenters. The topological polar surface area (TPSA) is 37.8 Å². The number of hydrogen-bond donors (Lipinski definition) is 1. The SMILES string of the molecule is C#CC(C)NCc1csnn1. The third-order valence-electron chi connectivity index (χ3n) is 1.24. The molecule has 0 bridgehead atoms. The van der Waals surface area contributed by atoms with E-state index in [0.717, 1.165) is 5.69 Å². The smallest absolute Gasteiger partial charge is 0.0893 e. The van der Waals surface area contributed by atoms with Gasteiger partial charge in [-0.1, -0.05) is 10.4 Å². The van der Waals surface area contributed by atoms with Crippen LogP contribution in [-0.4, -0.2) is 15.6 Å². The number of aromatic nitrogens is 2. The highest BCUT2D eigenvalue weighted by atomic mass is 32.1. The summed E-state index contributed by atoms with van der Waals surface area (Å²) >= 11 is 1.35. The van der Waals surface area contributed by atoms with E-state index in [0.29, 0.717) is 6.54 Å². The summed E-state index contributed by atoms with van der Waals surface area (Å²) in [5.41, 5.74) is 0.942. The molecule has 0 aliphatic rings. The number of nitrogens with one attached hydrogen (secondary N) is 1. The van der Waals surface area contributed by atoms with Crippen LogP contribution in [0.25, 0.3) is 0 Å². The Kier molecular flexibility index (Phi) is 3.02. The Hall–Kier alpha value is -0.920. The second kappa shape index (κ2) is 4.06. The summed E-state index contributed by atoms with van der Waals surface area (Å²) in [4.78, 5) is 0. The Labute approximate surface area is 70.0 Å². The van der Waals surface area contributed by atoms with Crippen molar-refractivity contribution in [3.8, 4) is 12.3 Å². The van der Waals surface area contributed by atoms with Crippen LogP contribution in [0, 0.1) is 12.3 Å². The first-order chi connectivity index (χ1) is 5.33. The summed E-state index contributed by atoms with van der Waals surface area (Å²) in [6.07, 6.45) is 5.17. The van der Waals surface area contributed by atoms with E-state index >= 15 is 0 Å². The van der Waals surface area contributed by atoms with Crippen molar-refractivity contribution in [1.82, 2.24) is 14.9 Å². The molecule has 1 aromatic heterocycles. The predicted molar refractivity (Wildman–Crippen MR) is 45.0 cm³/mol. The van der Waals surface area contributed by atoms with Crippen LogP contribution in [-0.2, 0) is 6.54 Å². The van der Waals surface area contributed by atoms with Gasteiger partial charge in [0.1, 0.15) is 0 Å². The molecule has 58 valence electrons. The van der Waals surface area contributed by atoms with Gasteiger partial charge in [0.15, 0.2) is 0 Å². The van der Waals surface area contributed by atoms with Crippen LogP contribution >= 0.6 is 11.5 Å². The summed E-state index contributed by atoms with van der Waals surface area (Å²) in [5.74, 6) is 2.57. The van der Waals surface area contributed by atoms with Crippen molar-refractivity contribution in [2.75, 3.05) is 0 Å². The van der Waals surface area contributed by atoms with Gasteiger partial charge < -0.3 is 0 Å². The molecule has 0 aromatic carbocycles. The van der Waals surface area contributed by atoms with Crippen molar-refractivity contribution in [2.45, 2.75) is 19.5 Å². The molecule has 11 heavy (non-hydrogen) atoms. The van der Waals surface area contributed by atoms with E-state index in [9.17, 15) is 0 Å². The predicted octanol–water partition coefficient (Wildman–Crippen LogP) is 0.649. The summed E-state index contributed by atoms with van der Waals surface area (Å²) in [6.45, 7) is 2.63. The minimum Gasteiger partial charge on any atom is -0.298 e. The van der Waals surface area contributed by atoms with Crippen molar-refractivity contribution in [2.24, 2.45) is 0 Å². The summed E-state index contributed by atoms with van der Waals surface area (Å²) < 4.78 is 3.73. The third kappa shape index (κ3) is 2.66. The van der Waals surface area contributed by atoms with Gasteiger partial charge in [0.05, 0.1) is 11.7 Å². The van der Waals surface area contributed by atoms with Gasteiger partial charge in [-0.25, -0.2) is 0 Å². The average molecular weight is 167 g/mol. The van der Waals surface area contributed by atoms with Crippen molar-refractivity contribution in [3.05, 3.63) is 11.1 Å². The number of rotatable bonds is 3. The van der Waals surface area contributed by atoms with E-state index in [-0.39, 0.29) is 6.04 Å². The van der Waals surface area contributed by atoms with Gasteiger partial charge in [-0.2, -0.15) is 0 Å². The zero-order chi connectivity index (χ0) is 8.10. The van der Waals surface area contributed by atoms with Crippen LogP contribution in [0.2, 0.25) is 0 Å². The lowest BCUT2D eigenvalue weighted by Crippen LogP contribution is -2.23. The molecular weight excluding hydrogens is 158 g/mol. The van der Waals surface area contributed by atoms with Gasteiger partial charge in [-0.05, 0) is 18.5 Å². The van der Waals surface area contributed by atoms with Gasteiger partial charge in [0, 0.05) is 11.9 Å². The fraction of sp³-hybridized carbons (Fsp3) is 0.429. The molecule has 0 aliphatic carbocycles. The molecule has 3 nitrogen and oxygen atoms in total. The standard InChI is InChI=1S/C7H9N3S/c1-3-6(2)8-4-7-5-11-10-9-7/h1,5-6,8H,4H2,2H3. The quantitative estimate of drug-likeness (QED) is 0.672. The number of hydrogen-bond acceptors (Lipinski definition) is 4. The first-order valence-corrected chi connectivity index (χ1v) is 4.12. The van der Waals surface area contributed by atoms with Crippen molar-refractivity contribution in [3.63, 3.8) is 0 Å². The van der Waals surface area contributed by atoms with E-state index in [2.05, 4.69) is 20.8 Å². The highest BCUT2D eigenvalue weighted by molar-refractivity contribution is 7.03. The van der Waals surface area contributed by atoms with Gasteiger partial charge in [0.25, 0.3) is 0 Å². The lowest BCUT2D eigenvalue weighted by atomic mass is 10.3. The summed E-state index contributed by atoms with van der Waals surface area (Å²) in [7, 11) is 0. The Balaban J connectivity index is 2.30. The van der Waals surface area contributed by atoms with Crippen LogP contribution in [0.4, 0.5) is 0 Å². The fourth-order valence-corrected chi connectivity index (χ4v) is 1.03. The maximum absolute atomic E-state index is 5.17. The number of terminal acetylenes is 1. The second-order valence-electron chi connectivity index (χ2n) is 2.17. The van der Waals surface area contributed by atoms with Crippen LogP contribution in [0.1, 0.15) is 12.6 Å². The van der Waals surface area contributed by atoms with Crippen LogP contribution in [0.15, 0.2) is 5.38 Å². The van der Waals surface area contributed by atoms with Crippen molar-refractivity contribution >= 4 is 11.5 Å². The molecule has 0 radical (unpaired) electrons. The van der Waals surface area contributed by atoms with E-state index in [4.69, 9.17) is 6.42 Å². The first kappa shape index (κ1) is 8.18. The maximum Gasteiger partial charge on any atom is 0.0893 e. The average Bonchev–Trinajstić information content (AvgIpc) is 2.52. The molecule has 1 aromatic rings. The van der Waals surface area contributed by atoms with Crippen molar-refractivity contribution in [1.29, 1.82) is 0 Å². The molecule has 1 atom stereocenters. The van der Waals surface area contributed by atoms with E-state index < -0.39 is 0 Å². The highest BCUT2D eigenvalue weighted by Crippen LogP contribution is 1.95. The second-order valence-corrected chi connectivity index (χ2v) is 2.78. The minimum absolute atomic E-state index is 0.0942. The normalized spacial score (nSPS) is 12.4. The lowest BCUT2D eigenvalue weighted by Gasteiger charge is -2.03. The van der Waals surface area contributed by atoms with E-state index in [1.165, 1.54) is 11.5 Å². The molecule has 4 heteroatoms. The lowest BCUT2D eigenvalue weighted by molar-refractivity contribution is 0.636. The monoisotopic (exact) mass is 167 g/mol. The molecule has 1 rings (SSSR count). The Bertz CT molecular complexity index is 237. The zero-order valence-corrected chi connectivity index (χ0v) is 7.06. The molecule has 0 saturated heterocycles. The molecular formula is C7H9N3S.